The zero-order valence-corrected chi connectivity index (χ0v) is 32.8. The van der Waals surface area contributed by atoms with Gasteiger partial charge in [0.25, 0.3) is 0 Å². The largest absolute Gasteiger partial charge is 0.497 e. The Bertz CT molecular complexity index is 1700. The van der Waals surface area contributed by atoms with E-state index in [0.717, 1.165) is 59.0 Å². The summed E-state index contributed by atoms with van der Waals surface area (Å²) in [7, 11) is 6.96. The molecule has 2 aromatic carbocycles. The van der Waals surface area contributed by atoms with Crippen LogP contribution in [0.4, 0.5) is 11.4 Å². The third-order valence-electron chi connectivity index (χ3n) is 10.9. The molecule has 0 spiro atoms. The normalized spacial score (nSPS) is 22.6. The van der Waals surface area contributed by atoms with Crippen LogP contribution in [0, 0.1) is 13.8 Å². The Balaban J connectivity index is 1.57. The van der Waals surface area contributed by atoms with E-state index in [1.807, 2.05) is 0 Å². The number of rotatable bonds is 13. The van der Waals surface area contributed by atoms with Crippen molar-refractivity contribution < 1.29 is 23.7 Å². The van der Waals surface area contributed by atoms with E-state index in [4.69, 9.17) is 35.3 Å². The molecule has 2 heterocycles. The molecule has 8 heteroatoms. The zero-order valence-electron chi connectivity index (χ0n) is 32.1. The van der Waals surface area contributed by atoms with E-state index in [1.54, 1.807) is 28.4 Å². The van der Waals surface area contributed by atoms with Gasteiger partial charge in [0, 0.05) is 66.9 Å². The van der Waals surface area contributed by atoms with Gasteiger partial charge in [0.15, 0.2) is 5.72 Å². The van der Waals surface area contributed by atoms with Gasteiger partial charge < -0.3 is 33.5 Å². The molecule has 0 radical (unpaired) electrons. The van der Waals surface area contributed by atoms with E-state index in [0.29, 0.717) is 26.4 Å². The number of ether oxygens (including phenoxy) is 5. The van der Waals surface area contributed by atoms with Crippen molar-refractivity contribution in [2.24, 2.45) is 0 Å². The maximum absolute atomic E-state index is 7.32. The molecular weight excluding hydrogens is 648 g/mol. The molecule has 7 nitrogen and oxygen atoms in total. The summed E-state index contributed by atoms with van der Waals surface area (Å²) in [5, 5.41) is 0.820. The Morgan fingerprint density at radius 3 is 2.04 bits per heavy atom. The average molecular weight is 705 g/mol. The molecule has 1 atom stereocenters. The Morgan fingerprint density at radius 2 is 1.42 bits per heavy atom. The maximum atomic E-state index is 7.32. The highest BCUT2D eigenvalue weighted by molar-refractivity contribution is 6.32. The van der Waals surface area contributed by atoms with Gasteiger partial charge in [-0.05, 0) is 110 Å². The van der Waals surface area contributed by atoms with Crippen molar-refractivity contribution in [3.8, 4) is 11.5 Å². The minimum Gasteiger partial charge on any atom is -0.497 e. The number of anilines is 2. The predicted molar refractivity (Wildman–Crippen MR) is 206 cm³/mol. The first-order chi connectivity index (χ1) is 23.8. The van der Waals surface area contributed by atoms with Gasteiger partial charge in [-0.15, -0.1) is 0 Å². The molecule has 5 rings (SSSR count). The summed E-state index contributed by atoms with van der Waals surface area (Å²) in [6.45, 7) is 18.7. The summed E-state index contributed by atoms with van der Waals surface area (Å²) in [6.07, 6.45) is 11.8. The number of hydrogen-bond donors (Lipinski definition) is 0. The molecule has 0 aromatic heterocycles. The molecule has 0 N–H and O–H groups in total. The summed E-state index contributed by atoms with van der Waals surface area (Å²) in [4.78, 5) is 4.79. The van der Waals surface area contributed by atoms with E-state index in [9.17, 15) is 0 Å². The molecule has 2 aromatic rings. The molecule has 0 bridgehead atoms. The lowest BCUT2D eigenvalue weighted by molar-refractivity contribution is -0.0455. The van der Waals surface area contributed by atoms with E-state index >= 15 is 0 Å². The predicted octanol–water partition coefficient (Wildman–Crippen LogP) is 9.28. The molecule has 0 fully saturated rings. The minimum atomic E-state index is -0.756. The van der Waals surface area contributed by atoms with Crippen LogP contribution in [0.15, 0.2) is 70.4 Å². The molecule has 1 aliphatic carbocycles. The standard InChI is InChI=1S/C42H57ClN2O5/c1-12-50-42(41(6,7)35-27-33(49-11)25-29(3)39(35)45(42)21-23-47-9)19-18-31-15-13-14-30(37(31)43)16-17-36-40(4,5)34-26-32(48-10)24-28(2)38(34)44(36)20-22-46-8/h16-19,24-27H,12-15,20-23H2,1-11H3/b19-18+,30-16+,36-17-. The van der Waals surface area contributed by atoms with Crippen molar-refractivity contribution >= 4 is 23.0 Å². The second-order valence-corrected chi connectivity index (χ2v) is 15.0. The van der Waals surface area contributed by atoms with E-state index < -0.39 is 11.1 Å². The van der Waals surface area contributed by atoms with Gasteiger partial charge in [-0.1, -0.05) is 51.4 Å². The van der Waals surface area contributed by atoms with Gasteiger partial charge in [-0.25, -0.2) is 0 Å². The number of aryl methyl sites for hydroxylation is 2. The SMILES string of the molecule is CCOC1(/C=C/C2=C(Cl)C(=C/C=C3\N(CCOC)c4c(C)cc(OC)cc4C3(C)C)/CCC2)N(CCOC)c2c(C)cc(OC)cc2C1(C)C. The van der Waals surface area contributed by atoms with E-state index in [-0.39, 0.29) is 5.41 Å². The number of methoxy groups -OCH3 is 4. The Hall–Kier alpha value is -3.23. The van der Waals surface area contributed by atoms with Gasteiger partial charge in [-0.2, -0.15) is 0 Å². The number of nitrogens with zero attached hydrogens (tertiary/aromatic N) is 2. The highest BCUT2D eigenvalue weighted by Crippen LogP contribution is 2.56. The van der Waals surface area contributed by atoms with Crippen molar-refractivity contribution in [2.75, 3.05) is 71.1 Å². The first-order valence-corrected chi connectivity index (χ1v) is 18.3. The third kappa shape index (κ3) is 6.51. The van der Waals surface area contributed by atoms with Crippen LogP contribution in [0.2, 0.25) is 0 Å². The Morgan fingerprint density at radius 1 is 0.800 bits per heavy atom. The number of allylic oxidation sites excluding steroid dienone is 7. The maximum Gasteiger partial charge on any atom is 0.170 e. The van der Waals surface area contributed by atoms with Crippen LogP contribution >= 0.6 is 11.6 Å². The van der Waals surface area contributed by atoms with Crippen molar-refractivity contribution in [1.29, 1.82) is 0 Å². The molecule has 50 heavy (non-hydrogen) atoms. The fraction of sp³-hybridized carbons (Fsp3) is 0.524. The first-order valence-electron chi connectivity index (χ1n) is 17.9. The van der Waals surface area contributed by atoms with Crippen molar-refractivity contribution in [3.63, 3.8) is 0 Å². The topological polar surface area (TPSA) is 52.6 Å². The Labute approximate surface area is 305 Å². The van der Waals surface area contributed by atoms with Crippen LogP contribution in [0.1, 0.15) is 76.1 Å². The lowest BCUT2D eigenvalue weighted by Gasteiger charge is -2.45. The average Bonchev–Trinajstić information content (AvgIpc) is 3.41. The second kappa shape index (κ2) is 15.2. The highest BCUT2D eigenvalue weighted by atomic mass is 35.5. The fourth-order valence-electron chi connectivity index (χ4n) is 8.29. The van der Waals surface area contributed by atoms with Crippen LogP contribution in [0.5, 0.6) is 11.5 Å². The van der Waals surface area contributed by atoms with E-state index in [2.05, 4.69) is 107 Å². The second-order valence-electron chi connectivity index (χ2n) is 14.6. The van der Waals surface area contributed by atoms with Crippen molar-refractivity contribution in [1.82, 2.24) is 0 Å². The van der Waals surface area contributed by atoms with E-state index in [1.165, 1.54) is 33.8 Å². The third-order valence-corrected chi connectivity index (χ3v) is 11.4. The number of halogens is 1. The van der Waals surface area contributed by atoms with Gasteiger partial charge in [0.1, 0.15) is 11.5 Å². The lowest BCUT2D eigenvalue weighted by Crippen LogP contribution is -2.57. The molecule has 3 aliphatic rings. The monoisotopic (exact) mass is 704 g/mol. The number of hydrogen-bond acceptors (Lipinski definition) is 7. The van der Waals surface area contributed by atoms with Crippen LogP contribution < -0.4 is 19.3 Å². The minimum absolute atomic E-state index is 0.230. The molecule has 0 saturated heterocycles. The lowest BCUT2D eigenvalue weighted by atomic mass is 9.76. The van der Waals surface area contributed by atoms with Crippen molar-refractivity contribution in [3.05, 3.63) is 92.7 Å². The summed E-state index contributed by atoms with van der Waals surface area (Å²) in [6, 6.07) is 8.55. The van der Waals surface area contributed by atoms with Crippen LogP contribution in [-0.2, 0) is 25.0 Å². The molecule has 0 saturated carbocycles. The summed E-state index contributed by atoms with van der Waals surface area (Å²) in [5.74, 6) is 1.73. The first kappa shape index (κ1) is 38.0. The quantitative estimate of drug-likeness (QED) is 0.206. The molecular formula is C42H57ClN2O5. The van der Waals surface area contributed by atoms with Crippen LogP contribution in [-0.4, -0.2) is 67.1 Å². The fourth-order valence-corrected chi connectivity index (χ4v) is 8.60. The van der Waals surface area contributed by atoms with Gasteiger partial charge >= 0.3 is 0 Å². The molecule has 2 aliphatic heterocycles. The number of benzene rings is 2. The summed E-state index contributed by atoms with van der Waals surface area (Å²) < 4.78 is 29.4. The van der Waals surface area contributed by atoms with Gasteiger partial charge in [0.2, 0.25) is 0 Å². The molecule has 272 valence electrons. The van der Waals surface area contributed by atoms with Crippen LogP contribution in [0.25, 0.3) is 0 Å². The van der Waals surface area contributed by atoms with Gasteiger partial charge in [0.05, 0.1) is 27.4 Å². The molecule has 1 unspecified atom stereocenters. The summed E-state index contributed by atoms with van der Waals surface area (Å²) >= 11 is 7.32. The number of fused-ring (bicyclic) bond motifs is 2. The zero-order chi connectivity index (χ0) is 36.4. The summed E-state index contributed by atoms with van der Waals surface area (Å²) in [5.41, 5.74) is 9.32. The Kier molecular flexibility index (Phi) is 11.5. The highest BCUT2D eigenvalue weighted by Gasteiger charge is 2.57. The van der Waals surface area contributed by atoms with Crippen LogP contribution in [0.3, 0.4) is 0 Å². The smallest absolute Gasteiger partial charge is 0.170 e. The van der Waals surface area contributed by atoms with Gasteiger partial charge in [-0.3, -0.25) is 0 Å². The van der Waals surface area contributed by atoms with Crippen molar-refractivity contribution in [2.45, 2.75) is 84.3 Å². The molecule has 0 amide bonds.